The van der Waals surface area contributed by atoms with Gasteiger partial charge >= 0.3 is 6.18 Å². The first-order valence-corrected chi connectivity index (χ1v) is 12.5. The summed E-state index contributed by atoms with van der Waals surface area (Å²) in [5, 5.41) is 9.89. The molecule has 2 heterocycles. The van der Waals surface area contributed by atoms with Crippen LogP contribution in [-0.2, 0) is 30.5 Å². The average Bonchev–Trinajstić information content (AvgIpc) is 3.30. The Labute approximate surface area is 221 Å². The minimum Gasteiger partial charge on any atom is -0.488 e. The second-order valence-corrected chi connectivity index (χ2v) is 9.49. The molecule has 0 atom stereocenters. The molecule has 0 aliphatic heterocycles. The van der Waals surface area contributed by atoms with E-state index in [1.54, 1.807) is 18.2 Å². The fraction of sp³-hybridized carbons (Fsp3) is 0.222. The number of ether oxygens (including phenoxy) is 2. The second-order valence-electron chi connectivity index (χ2n) is 8.00. The Bertz CT molecular complexity index is 1370. The van der Waals surface area contributed by atoms with Crippen molar-refractivity contribution in [3.05, 3.63) is 99.3 Å². The predicted molar refractivity (Wildman–Crippen MR) is 135 cm³/mol. The lowest BCUT2D eigenvalue weighted by molar-refractivity contribution is -0.141. The molecular formula is C27H21ClF3N3O2S. The van der Waals surface area contributed by atoms with Crippen molar-refractivity contribution in [1.82, 2.24) is 9.97 Å². The third-order valence-corrected chi connectivity index (χ3v) is 6.76. The Balaban J connectivity index is 1.46. The molecule has 0 unspecified atom stereocenters. The average molecular weight is 544 g/mol. The molecule has 0 saturated heterocycles. The topological polar surface area (TPSA) is 68.0 Å². The third kappa shape index (κ3) is 7.29. The minimum atomic E-state index is -4.51. The maximum atomic E-state index is 12.9. The number of hydrogen-bond acceptors (Lipinski definition) is 6. The van der Waals surface area contributed by atoms with Gasteiger partial charge in [-0.15, -0.1) is 11.3 Å². The summed E-state index contributed by atoms with van der Waals surface area (Å²) >= 11 is 7.44. The standard InChI is InChI=1S/C27H21ClF3N3O2S/c28-22-13-21(10-8-19(22)14-32)36-17-24-23(7-4-12-35-16-18-5-2-1-3-6-18)34-26(37-24)20-9-11-25(33-15-20)27(29,30)31/h1-3,5-6,8-11,13,15H,4,7,12,16-17H2. The van der Waals surface area contributed by atoms with Crippen molar-refractivity contribution < 1.29 is 22.6 Å². The van der Waals surface area contributed by atoms with E-state index in [0.717, 1.165) is 22.2 Å². The van der Waals surface area contributed by atoms with Crippen LogP contribution in [0.1, 0.15) is 33.8 Å². The van der Waals surface area contributed by atoms with E-state index in [1.807, 2.05) is 36.4 Å². The number of halogens is 4. The summed E-state index contributed by atoms with van der Waals surface area (Å²) < 4.78 is 50.4. The zero-order valence-corrected chi connectivity index (χ0v) is 21.0. The molecule has 2 aromatic carbocycles. The first-order valence-electron chi connectivity index (χ1n) is 11.3. The summed E-state index contributed by atoms with van der Waals surface area (Å²) in [7, 11) is 0. The Hall–Kier alpha value is -3.45. The zero-order chi connectivity index (χ0) is 26.3. The van der Waals surface area contributed by atoms with Crippen molar-refractivity contribution in [3.63, 3.8) is 0 Å². The molecule has 10 heteroatoms. The van der Waals surface area contributed by atoms with Gasteiger partial charge in [-0.25, -0.2) is 4.98 Å². The lowest BCUT2D eigenvalue weighted by Gasteiger charge is -2.08. The highest BCUT2D eigenvalue weighted by Crippen LogP contribution is 2.33. The van der Waals surface area contributed by atoms with Gasteiger partial charge in [-0.3, -0.25) is 4.98 Å². The Morgan fingerprint density at radius 3 is 2.51 bits per heavy atom. The van der Waals surface area contributed by atoms with Gasteiger partial charge in [0.2, 0.25) is 0 Å². The smallest absolute Gasteiger partial charge is 0.433 e. The summed E-state index contributed by atoms with van der Waals surface area (Å²) in [6.45, 7) is 1.22. The van der Waals surface area contributed by atoms with Crippen molar-refractivity contribution in [2.45, 2.75) is 32.2 Å². The number of pyridine rings is 1. The molecule has 190 valence electrons. The van der Waals surface area contributed by atoms with E-state index < -0.39 is 11.9 Å². The summed E-state index contributed by atoms with van der Waals surface area (Å²) in [4.78, 5) is 9.06. The van der Waals surface area contributed by atoms with Gasteiger partial charge in [-0.2, -0.15) is 18.4 Å². The van der Waals surface area contributed by atoms with Crippen molar-refractivity contribution in [2.24, 2.45) is 0 Å². The number of aryl methyl sites for hydroxylation is 1. The van der Waals surface area contributed by atoms with Crippen molar-refractivity contribution >= 4 is 22.9 Å². The van der Waals surface area contributed by atoms with Crippen LogP contribution in [0.15, 0.2) is 66.9 Å². The van der Waals surface area contributed by atoms with Crippen LogP contribution in [0.3, 0.4) is 0 Å². The maximum Gasteiger partial charge on any atom is 0.433 e. The van der Waals surface area contributed by atoms with Gasteiger partial charge in [0.1, 0.15) is 29.1 Å². The van der Waals surface area contributed by atoms with Crippen molar-refractivity contribution in [2.75, 3.05) is 6.61 Å². The number of hydrogen-bond donors (Lipinski definition) is 0. The molecule has 0 aliphatic rings. The molecule has 0 bridgehead atoms. The lowest BCUT2D eigenvalue weighted by Crippen LogP contribution is -2.07. The van der Waals surface area contributed by atoms with Gasteiger partial charge in [0.25, 0.3) is 0 Å². The summed E-state index contributed by atoms with van der Waals surface area (Å²) in [5.41, 5.74) is 1.75. The third-order valence-electron chi connectivity index (χ3n) is 5.32. The van der Waals surface area contributed by atoms with Gasteiger partial charge in [0.15, 0.2) is 0 Å². The van der Waals surface area contributed by atoms with Crippen molar-refractivity contribution in [1.29, 1.82) is 5.26 Å². The van der Waals surface area contributed by atoms with E-state index in [2.05, 4.69) is 9.97 Å². The molecular weight excluding hydrogens is 523 g/mol. The normalized spacial score (nSPS) is 11.3. The number of benzene rings is 2. The molecule has 37 heavy (non-hydrogen) atoms. The van der Waals surface area contributed by atoms with Crippen LogP contribution in [0.25, 0.3) is 10.6 Å². The largest absolute Gasteiger partial charge is 0.488 e. The van der Waals surface area contributed by atoms with Crippen LogP contribution >= 0.6 is 22.9 Å². The molecule has 0 amide bonds. The van der Waals surface area contributed by atoms with Gasteiger partial charge in [0.05, 0.1) is 27.8 Å². The van der Waals surface area contributed by atoms with Gasteiger partial charge in [-0.1, -0.05) is 41.9 Å². The number of aromatic nitrogens is 2. The Morgan fingerprint density at radius 1 is 1.03 bits per heavy atom. The maximum absolute atomic E-state index is 12.9. The van der Waals surface area contributed by atoms with Crippen LogP contribution in [0.4, 0.5) is 13.2 Å². The van der Waals surface area contributed by atoms with Crippen molar-refractivity contribution in [3.8, 4) is 22.4 Å². The molecule has 0 spiro atoms. The quantitative estimate of drug-likeness (QED) is 0.194. The van der Waals surface area contributed by atoms with E-state index in [0.29, 0.717) is 47.9 Å². The van der Waals surface area contributed by atoms with Crippen LogP contribution in [0.2, 0.25) is 5.02 Å². The fourth-order valence-corrected chi connectivity index (χ4v) is 4.66. The number of alkyl halides is 3. The van der Waals surface area contributed by atoms with Gasteiger partial charge in [-0.05, 0) is 42.7 Å². The van der Waals surface area contributed by atoms with Crippen LogP contribution < -0.4 is 4.74 Å². The number of rotatable bonds is 10. The summed E-state index contributed by atoms with van der Waals surface area (Å²) in [6.07, 6.45) is -2.02. The molecule has 0 fully saturated rings. The van der Waals surface area contributed by atoms with E-state index >= 15 is 0 Å². The molecule has 0 N–H and O–H groups in total. The SMILES string of the molecule is N#Cc1ccc(OCc2sc(-c3ccc(C(F)(F)F)nc3)nc2CCCOCc2ccccc2)cc1Cl. The van der Waals surface area contributed by atoms with Crippen LogP contribution in [0.5, 0.6) is 5.75 Å². The van der Waals surface area contributed by atoms with Crippen LogP contribution in [0, 0.1) is 11.3 Å². The van der Waals surface area contributed by atoms with Crippen LogP contribution in [-0.4, -0.2) is 16.6 Å². The van der Waals surface area contributed by atoms with Gasteiger partial charge < -0.3 is 9.47 Å². The first kappa shape index (κ1) is 26.6. The van der Waals surface area contributed by atoms with E-state index in [9.17, 15) is 13.2 Å². The predicted octanol–water partition coefficient (Wildman–Crippen LogP) is 7.48. The first-order chi connectivity index (χ1) is 17.8. The second kappa shape index (κ2) is 12.2. The molecule has 4 rings (SSSR count). The highest BCUT2D eigenvalue weighted by molar-refractivity contribution is 7.15. The Kier molecular flexibility index (Phi) is 8.77. The highest BCUT2D eigenvalue weighted by atomic mass is 35.5. The Morgan fingerprint density at radius 2 is 1.84 bits per heavy atom. The molecule has 2 aromatic heterocycles. The number of thiazole rings is 1. The summed E-state index contributed by atoms with van der Waals surface area (Å²) in [5.74, 6) is 0.493. The zero-order valence-electron chi connectivity index (χ0n) is 19.5. The minimum absolute atomic E-state index is 0.189. The molecule has 0 radical (unpaired) electrons. The number of nitrogens with zero attached hydrogens (tertiary/aromatic N) is 3. The van der Waals surface area contributed by atoms with E-state index in [-0.39, 0.29) is 11.6 Å². The molecule has 4 aromatic rings. The molecule has 0 saturated carbocycles. The lowest BCUT2D eigenvalue weighted by atomic mass is 10.2. The van der Waals surface area contributed by atoms with Gasteiger partial charge in [0, 0.05) is 24.4 Å². The summed E-state index contributed by atoms with van der Waals surface area (Å²) in [6, 6.07) is 19.0. The fourth-order valence-electron chi connectivity index (χ4n) is 3.43. The molecule has 5 nitrogen and oxygen atoms in total. The van der Waals surface area contributed by atoms with E-state index in [4.69, 9.17) is 26.3 Å². The monoisotopic (exact) mass is 543 g/mol. The number of nitriles is 1. The molecule has 0 aliphatic carbocycles. The van der Waals surface area contributed by atoms with E-state index in [1.165, 1.54) is 23.6 Å². The highest BCUT2D eigenvalue weighted by Gasteiger charge is 2.32.